The Morgan fingerprint density at radius 3 is 2.86 bits per heavy atom. The minimum absolute atomic E-state index is 0. The fourth-order valence-corrected chi connectivity index (χ4v) is 5.56. The normalized spacial score (nSPS) is 33.3. The van der Waals surface area contributed by atoms with Gasteiger partial charge >= 0.3 is 5.97 Å². The molecule has 4 aliphatic rings. The second kappa shape index (κ2) is 7.65. The van der Waals surface area contributed by atoms with E-state index >= 15 is 0 Å². The van der Waals surface area contributed by atoms with Gasteiger partial charge in [0.25, 0.3) is 0 Å². The maximum absolute atomic E-state index is 12.8. The van der Waals surface area contributed by atoms with Crippen molar-refractivity contribution < 1.29 is 37.1 Å². The number of ketones is 1. The molecule has 0 amide bonds. The first kappa shape index (κ1) is 21.1. The lowest BCUT2D eigenvalue weighted by Crippen LogP contribution is -3.13. The number of allylic oxidation sites excluding steroid dienone is 4. The molecular weight excluding hydrogens is 380 g/mol. The van der Waals surface area contributed by atoms with Gasteiger partial charge in [-0.1, -0.05) is 6.92 Å². The highest BCUT2D eigenvalue weighted by Gasteiger charge is 2.51. The summed E-state index contributed by atoms with van der Waals surface area (Å²) in [6.07, 6.45) is 7.32. The van der Waals surface area contributed by atoms with Crippen LogP contribution in [-0.2, 0) is 9.59 Å². The fraction of sp³-hybridized carbons (Fsp3) is 0.619. The summed E-state index contributed by atoms with van der Waals surface area (Å²) in [5.41, 5.74) is 2.25. The van der Waals surface area contributed by atoms with Crippen LogP contribution in [0.2, 0.25) is 0 Å². The molecule has 0 aromatic heterocycles. The SMILES string of the molecule is CCC(O)(CC(=O)O)C1=CC(=O)C2=C(C1)CC1C[NH+]3C(C)=CCCC3C1N2.[Cl-]. The largest absolute Gasteiger partial charge is 1.00 e. The van der Waals surface area contributed by atoms with E-state index < -0.39 is 11.6 Å². The molecule has 0 radical (unpaired) electrons. The number of nitrogens with one attached hydrogen (secondary N) is 2. The summed E-state index contributed by atoms with van der Waals surface area (Å²) in [6.45, 7) is 5.03. The predicted octanol–water partition coefficient (Wildman–Crippen LogP) is -2.30. The van der Waals surface area contributed by atoms with Crippen molar-refractivity contribution in [3.8, 4) is 0 Å². The van der Waals surface area contributed by atoms with Gasteiger partial charge in [-0.2, -0.15) is 0 Å². The van der Waals surface area contributed by atoms with Gasteiger partial charge in [-0.05, 0) is 49.0 Å². The fourth-order valence-electron chi connectivity index (χ4n) is 5.56. The van der Waals surface area contributed by atoms with Gasteiger partial charge in [-0.3, -0.25) is 9.59 Å². The van der Waals surface area contributed by atoms with Gasteiger partial charge in [0.05, 0.1) is 30.3 Å². The Morgan fingerprint density at radius 2 is 2.18 bits per heavy atom. The van der Waals surface area contributed by atoms with E-state index in [1.54, 1.807) is 11.8 Å². The molecule has 28 heavy (non-hydrogen) atoms. The number of rotatable bonds is 4. The van der Waals surface area contributed by atoms with Crippen LogP contribution < -0.4 is 22.6 Å². The molecule has 1 aliphatic carbocycles. The first-order chi connectivity index (χ1) is 12.8. The molecule has 3 heterocycles. The first-order valence-corrected chi connectivity index (χ1v) is 10.0. The topological polar surface area (TPSA) is 91.1 Å². The Hall–Kier alpha value is -1.63. The lowest BCUT2D eigenvalue weighted by Gasteiger charge is -2.37. The molecule has 0 aromatic rings. The number of hydrogen-bond acceptors (Lipinski definition) is 4. The van der Waals surface area contributed by atoms with Crippen LogP contribution in [-0.4, -0.2) is 46.2 Å². The van der Waals surface area contributed by atoms with Gasteiger partial charge in [0.15, 0.2) is 0 Å². The van der Waals surface area contributed by atoms with Crippen LogP contribution in [0.25, 0.3) is 0 Å². The zero-order valence-corrected chi connectivity index (χ0v) is 17.2. The van der Waals surface area contributed by atoms with Crippen LogP contribution in [0.1, 0.15) is 52.4 Å². The van der Waals surface area contributed by atoms with Gasteiger partial charge in [0.2, 0.25) is 5.78 Å². The number of fused-ring (bicyclic) bond motifs is 3. The third-order valence-electron chi connectivity index (χ3n) is 7.06. The van der Waals surface area contributed by atoms with Crippen molar-refractivity contribution in [2.45, 2.75) is 70.1 Å². The van der Waals surface area contributed by atoms with E-state index in [0.29, 0.717) is 35.7 Å². The summed E-state index contributed by atoms with van der Waals surface area (Å²) >= 11 is 0. The van der Waals surface area contributed by atoms with E-state index in [4.69, 9.17) is 0 Å². The van der Waals surface area contributed by atoms with Crippen molar-refractivity contribution in [3.63, 3.8) is 0 Å². The van der Waals surface area contributed by atoms with Crippen LogP contribution in [0.4, 0.5) is 0 Å². The van der Waals surface area contributed by atoms with Gasteiger partial charge in [0.1, 0.15) is 11.7 Å². The number of carbonyl (C=O) groups is 2. The minimum atomic E-state index is -1.45. The minimum Gasteiger partial charge on any atom is -1.00 e. The molecule has 5 unspecified atom stereocenters. The number of carboxylic acid groups (broad SMARTS) is 1. The molecule has 3 aliphatic heterocycles. The maximum Gasteiger partial charge on any atom is 0.306 e. The Kier molecular flexibility index (Phi) is 5.76. The van der Waals surface area contributed by atoms with E-state index in [2.05, 4.69) is 18.3 Å². The Balaban J connectivity index is 0.00000225. The van der Waals surface area contributed by atoms with Crippen LogP contribution in [0.3, 0.4) is 0 Å². The summed E-state index contributed by atoms with van der Waals surface area (Å²) in [5, 5.41) is 23.6. The molecule has 1 fully saturated rings. The number of halogens is 1. The summed E-state index contributed by atoms with van der Waals surface area (Å²) in [7, 11) is 0. The van der Waals surface area contributed by atoms with Crippen molar-refractivity contribution in [1.82, 2.24) is 5.32 Å². The molecule has 0 spiro atoms. The lowest BCUT2D eigenvalue weighted by atomic mass is 9.75. The van der Waals surface area contributed by atoms with E-state index in [1.165, 1.54) is 11.8 Å². The summed E-state index contributed by atoms with van der Waals surface area (Å²) < 4.78 is 0. The van der Waals surface area contributed by atoms with Gasteiger partial charge in [0, 0.05) is 19.3 Å². The quantitative estimate of drug-likeness (QED) is 0.420. The van der Waals surface area contributed by atoms with Gasteiger partial charge in [-0.15, -0.1) is 0 Å². The average molecular weight is 409 g/mol. The van der Waals surface area contributed by atoms with Crippen molar-refractivity contribution in [2.75, 3.05) is 6.54 Å². The van der Waals surface area contributed by atoms with Crippen LogP contribution >= 0.6 is 0 Å². The standard InChI is InChI=1S/C21H28N2O4.ClH/c1-3-21(27,10-18(25)26)15-8-13-7-14-11-23-12(2)5-4-6-16(23)19(14)22-20(13)17(24)9-15;/h5,9,14,16,19,22,27H,3-4,6-8,10-11H2,1-2H3,(H,25,26);1H. The number of carboxylic acids is 1. The molecule has 0 saturated carbocycles. The predicted molar refractivity (Wildman–Crippen MR) is 99.9 cm³/mol. The molecule has 6 nitrogen and oxygen atoms in total. The summed E-state index contributed by atoms with van der Waals surface area (Å²) in [6, 6.07) is 0.845. The Morgan fingerprint density at radius 1 is 1.43 bits per heavy atom. The van der Waals surface area contributed by atoms with Gasteiger partial charge < -0.3 is 32.8 Å². The Labute approximate surface area is 171 Å². The number of hydrogen-bond donors (Lipinski definition) is 4. The highest BCUT2D eigenvalue weighted by Crippen LogP contribution is 2.40. The third kappa shape index (κ3) is 3.42. The number of quaternary nitrogens is 1. The molecule has 5 atom stereocenters. The second-order valence-corrected chi connectivity index (χ2v) is 8.58. The molecule has 1 saturated heterocycles. The van der Waals surface area contributed by atoms with Crippen molar-refractivity contribution in [3.05, 3.63) is 34.7 Å². The molecule has 0 bridgehead atoms. The highest BCUT2D eigenvalue weighted by atomic mass is 35.5. The molecule has 7 heteroatoms. The number of aliphatic hydroxyl groups is 1. The molecule has 0 aromatic carbocycles. The number of carbonyl (C=O) groups excluding carboxylic acids is 1. The van der Waals surface area contributed by atoms with Crippen LogP contribution in [0, 0.1) is 5.92 Å². The average Bonchev–Trinajstić information content (AvgIpc) is 2.98. The lowest BCUT2D eigenvalue weighted by molar-refractivity contribution is -0.878. The third-order valence-corrected chi connectivity index (χ3v) is 7.06. The molecule has 4 N–H and O–H groups in total. The van der Waals surface area contributed by atoms with E-state index in [-0.39, 0.29) is 31.0 Å². The van der Waals surface area contributed by atoms with Crippen molar-refractivity contribution in [1.29, 1.82) is 0 Å². The second-order valence-electron chi connectivity index (χ2n) is 8.58. The maximum atomic E-state index is 12.8. The first-order valence-electron chi connectivity index (χ1n) is 10.0. The smallest absolute Gasteiger partial charge is 0.306 e. The highest BCUT2D eigenvalue weighted by molar-refractivity contribution is 6.06. The van der Waals surface area contributed by atoms with Gasteiger partial charge in [-0.25, -0.2) is 0 Å². The van der Waals surface area contributed by atoms with Crippen LogP contribution in [0.5, 0.6) is 0 Å². The molecular formula is C21H29ClN2O4. The van der Waals surface area contributed by atoms with E-state index in [1.807, 2.05) is 0 Å². The van der Waals surface area contributed by atoms with E-state index in [0.717, 1.165) is 31.4 Å². The van der Waals surface area contributed by atoms with Crippen LogP contribution in [0.15, 0.2) is 34.7 Å². The summed E-state index contributed by atoms with van der Waals surface area (Å²) in [4.78, 5) is 25.6. The van der Waals surface area contributed by atoms with Crippen molar-refractivity contribution >= 4 is 11.8 Å². The summed E-state index contributed by atoms with van der Waals surface area (Å²) in [5.74, 6) is -0.683. The molecule has 154 valence electrons. The number of aliphatic carboxylic acids is 1. The van der Waals surface area contributed by atoms with Crippen molar-refractivity contribution in [2.24, 2.45) is 5.92 Å². The monoisotopic (exact) mass is 408 g/mol. The molecule has 4 rings (SSSR count). The van der Waals surface area contributed by atoms with E-state index in [9.17, 15) is 19.8 Å². The zero-order chi connectivity index (χ0) is 19.3. The Bertz CT molecular complexity index is 787. The zero-order valence-electron chi connectivity index (χ0n) is 16.4.